The van der Waals surface area contributed by atoms with Crippen LogP contribution in [-0.2, 0) is 11.2 Å². The van der Waals surface area contributed by atoms with Gasteiger partial charge in [0.2, 0.25) is 5.91 Å². The lowest BCUT2D eigenvalue weighted by Crippen LogP contribution is -2.24. The minimum absolute atomic E-state index is 0.0807. The Labute approximate surface area is 119 Å². The number of amides is 1. The molecule has 18 heavy (non-hydrogen) atoms. The van der Waals surface area contributed by atoms with Gasteiger partial charge in [-0.05, 0) is 30.5 Å². The highest BCUT2D eigenvalue weighted by Crippen LogP contribution is 2.21. The molecule has 1 aromatic carbocycles. The Kier molecular flexibility index (Phi) is 7.14. The molecule has 1 N–H and O–H groups in total. The fraction of sp³-hybridized carbons (Fsp3) is 0.500. The molecule has 0 radical (unpaired) electrons. The molecule has 4 heteroatoms. The minimum atomic E-state index is 0.0807. The number of carbonyl (C=O) groups is 1. The van der Waals surface area contributed by atoms with E-state index in [1.165, 1.54) is 0 Å². The van der Waals surface area contributed by atoms with Gasteiger partial charge in [0.15, 0.2) is 0 Å². The average Bonchev–Trinajstić information content (AvgIpc) is 2.33. The van der Waals surface area contributed by atoms with Gasteiger partial charge < -0.3 is 5.32 Å². The van der Waals surface area contributed by atoms with Crippen LogP contribution in [0.15, 0.2) is 18.2 Å². The van der Waals surface area contributed by atoms with Crippen molar-refractivity contribution in [3.8, 4) is 0 Å². The zero-order valence-corrected chi connectivity index (χ0v) is 12.2. The Bertz CT molecular complexity index is 393. The van der Waals surface area contributed by atoms with Crippen LogP contribution in [-0.4, -0.2) is 12.5 Å². The van der Waals surface area contributed by atoms with Gasteiger partial charge >= 0.3 is 0 Å². The number of carbonyl (C=O) groups excluding carboxylic acids is 1. The van der Waals surface area contributed by atoms with E-state index < -0.39 is 0 Å². The topological polar surface area (TPSA) is 29.1 Å². The van der Waals surface area contributed by atoms with Gasteiger partial charge in [0.25, 0.3) is 0 Å². The maximum Gasteiger partial charge on any atom is 0.220 e. The van der Waals surface area contributed by atoms with E-state index >= 15 is 0 Å². The van der Waals surface area contributed by atoms with Crippen LogP contribution in [0.4, 0.5) is 0 Å². The maximum absolute atomic E-state index is 11.6. The second kappa shape index (κ2) is 8.39. The summed E-state index contributed by atoms with van der Waals surface area (Å²) in [6, 6.07) is 5.37. The number of rotatable bonds is 7. The first-order chi connectivity index (χ1) is 8.63. The Morgan fingerprint density at radius 1 is 1.28 bits per heavy atom. The van der Waals surface area contributed by atoms with Crippen molar-refractivity contribution in [3.05, 3.63) is 33.8 Å². The molecule has 0 aliphatic heterocycles. The lowest BCUT2D eigenvalue weighted by Gasteiger charge is -2.06. The van der Waals surface area contributed by atoms with Crippen molar-refractivity contribution >= 4 is 29.1 Å². The molecule has 0 saturated carbocycles. The van der Waals surface area contributed by atoms with E-state index in [0.717, 1.165) is 31.4 Å². The zero-order valence-electron chi connectivity index (χ0n) is 10.6. The molecule has 0 aliphatic carbocycles. The third kappa shape index (κ3) is 5.74. The number of hydrogen-bond donors (Lipinski definition) is 1. The zero-order chi connectivity index (χ0) is 13.4. The summed E-state index contributed by atoms with van der Waals surface area (Å²) in [6.45, 7) is 2.91. The molecule has 0 spiro atoms. The molecule has 0 heterocycles. The van der Waals surface area contributed by atoms with E-state index in [-0.39, 0.29) is 5.91 Å². The quantitative estimate of drug-likeness (QED) is 0.747. The van der Waals surface area contributed by atoms with Crippen molar-refractivity contribution in [3.63, 3.8) is 0 Å². The number of hydrogen-bond acceptors (Lipinski definition) is 1. The minimum Gasteiger partial charge on any atom is -0.356 e. The van der Waals surface area contributed by atoms with Crippen molar-refractivity contribution in [2.45, 2.75) is 39.0 Å². The Balaban J connectivity index is 2.29. The monoisotopic (exact) mass is 287 g/mol. The summed E-state index contributed by atoms with van der Waals surface area (Å²) >= 11 is 11.9. The molecule has 2 nitrogen and oxygen atoms in total. The second-order valence-electron chi connectivity index (χ2n) is 4.29. The number of aryl methyl sites for hydroxylation is 1. The van der Waals surface area contributed by atoms with Crippen molar-refractivity contribution in [2.24, 2.45) is 0 Å². The van der Waals surface area contributed by atoms with Gasteiger partial charge in [-0.25, -0.2) is 0 Å². The highest BCUT2D eigenvalue weighted by Gasteiger charge is 2.05. The number of benzene rings is 1. The molecular formula is C14H19Cl2NO. The highest BCUT2D eigenvalue weighted by atomic mass is 35.5. The van der Waals surface area contributed by atoms with Gasteiger partial charge in [0.05, 0.1) is 0 Å². The first kappa shape index (κ1) is 15.3. The van der Waals surface area contributed by atoms with E-state index in [0.29, 0.717) is 22.9 Å². The summed E-state index contributed by atoms with van der Waals surface area (Å²) in [6.07, 6.45) is 4.48. The molecule has 1 amide bonds. The third-order valence-corrected chi connectivity index (χ3v) is 3.33. The highest BCUT2D eigenvalue weighted by molar-refractivity contribution is 6.35. The van der Waals surface area contributed by atoms with E-state index in [9.17, 15) is 4.79 Å². The first-order valence-electron chi connectivity index (χ1n) is 6.34. The molecule has 0 saturated heterocycles. The van der Waals surface area contributed by atoms with Crippen LogP contribution < -0.4 is 5.32 Å². The first-order valence-corrected chi connectivity index (χ1v) is 7.09. The van der Waals surface area contributed by atoms with Gasteiger partial charge in [-0.15, -0.1) is 0 Å². The molecule has 0 atom stereocenters. The standard InChI is InChI=1S/C14H19Cl2NO/c1-2-3-4-9-17-14(18)8-6-11-5-7-12(15)10-13(11)16/h5,7,10H,2-4,6,8-9H2,1H3,(H,17,18). The van der Waals surface area contributed by atoms with Crippen molar-refractivity contribution in [1.29, 1.82) is 0 Å². The van der Waals surface area contributed by atoms with Gasteiger partial charge in [0.1, 0.15) is 0 Å². The molecule has 0 bridgehead atoms. The van der Waals surface area contributed by atoms with Crippen LogP contribution >= 0.6 is 23.2 Å². The molecule has 0 fully saturated rings. The van der Waals surface area contributed by atoms with Crippen LogP contribution in [0.25, 0.3) is 0 Å². The lowest BCUT2D eigenvalue weighted by molar-refractivity contribution is -0.121. The van der Waals surface area contributed by atoms with Crippen molar-refractivity contribution < 1.29 is 4.79 Å². The average molecular weight is 288 g/mol. The van der Waals surface area contributed by atoms with E-state index in [2.05, 4.69) is 12.2 Å². The predicted molar refractivity (Wildman–Crippen MR) is 77.3 cm³/mol. The number of nitrogens with one attached hydrogen (secondary N) is 1. The second-order valence-corrected chi connectivity index (χ2v) is 5.14. The number of halogens is 2. The SMILES string of the molecule is CCCCCNC(=O)CCc1ccc(Cl)cc1Cl. The van der Waals surface area contributed by atoms with E-state index in [1.54, 1.807) is 12.1 Å². The largest absolute Gasteiger partial charge is 0.356 e. The summed E-state index contributed by atoms with van der Waals surface area (Å²) < 4.78 is 0. The fourth-order valence-corrected chi connectivity index (χ4v) is 2.17. The van der Waals surface area contributed by atoms with Crippen LogP contribution in [0, 0.1) is 0 Å². The summed E-state index contributed by atoms with van der Waals surface area (Å²) in [5.74, 6) is 0.0807. The Morgan fingerprint density at radius 3 is 2.72 bits per heavy atom. The normalized spacial score (nSPS) is 10.4. The molecule has 0 unspecified atom stereocenters. The van der Waals surface area contributed by atoms with Gasteiger partial charge in [-0.2, -0.15) is 0 Å². The lowest BCUT2D eigenvalue weighted by atomic mass is 10.1. The smallest absolute Gasteiger partial charge is 0.220 e. The van der Waals surface area contributed by atoms with Gasteiger partial charge in [0, 0.05) is 23.0 Å². The Hall–Kier alpha value is -0.730. The third-order valence-electron chi connectivity index (χ3n) is 2.74. The van der Waals surface area contributed by atoms with Crippen LogP contribution in [0.1, 0.15) is 38.2 Å². The molecule has 1 aromatic rings. The number of unbranched alkanes of at least 4 members (excludes halogenated alkanes) is 2. The fourth-order valence-electron chi connectivity index (χ4n) is 1.66. The van der Waals surface area contributed by atoms with Gasteiger partial charge in [-0.3, -0.25) is 4.79 Å². The van der Waals surface area contributed by atoms with E-state index in [4.69, 9.17) is 23.2 Å². The molecule has 100 valence electrons. The van der Waals surface area contributed by atoms with E-state index in [1.807, 2.05) is 6.07 Å². The van der Waals surface area contributed by atoms with Crippen molar-refractivity contribution in [1.82, 2.24) is 5.32 Å². The molecule has 0 aliphatic rings. The molecular weight excluding hydrogens is 269 g/mol. The summed E-state index contributed by atoms with van der Waals surface area (Å²) in [5, 5.41) is 4.15. The predicted octanol–water partition coefficient (Wildman–Crippen LogP) is 4.23. The summed E-state index contributed by atoms with van der Waals surface area (Å²) in [7, 11) is 0. The summed E-state index contributed by atoms with van der Waals surface area (Å²) in [4.78, 5) is 11.6. The Morgan fingerprint density at radius 2 is 2.06 bits per heavy atom. The molecule has 1 rings (SSSR count). The molecule has 0 aromatic heterocycles. The van der Waals surface area contributed by atoms with Crippen LogP contribution in [0.5, 0.6) is 0 Å². The van der Waals surface area contributed by atoms with Crippen molar-refractivity contribution in [2.75, 3.05) is 6.54 Å². The van der Waals surface area contributed by atoms with Gasteiger partial charge in [-0.1, -0.05) is 49.0 Å². The van der Waals surface area contributed by atoms with Crippen LogP contribution in [0.2, 0.25) is 10.0 Å². The maximum atomic E-state index is 11.6. The summed E-state index contributed by atoms with van der Waals surface area (Å²) in [5.41, 5.74) is 0.963. The van der Waals surface area contributed by atoms with Crippen LogP contribution in [0.3, 0.4) is 0 Å².